The first-order valence-electron chi connectivity index (χ1n) is 5.11. The van der Waals surface area contributed by atoms with Gasteiger partial charge in [-0.05, 0) is 25.6 Å². The summed E-state index contributed by atoms with van der Waals surface area (Å²) in [6.07, 6.45) is 0.745. The highest BCUT2D eigenvalue weighted by atomic mass is 32.2. The first kappa shape index (κ1) is 13.5. The van der Waals surface area contributed by atoms with Crippen LogP contribution in [0.25, 0.3) is 0 Å². The van der Waals surface area contributed by atoms with E-state index in [4.69, 9.17) is 5.26 Å². The summed E-state index contributed by atoms with van der Waals surface area (Å²) in [4.78, 5) is 11.0. The molecule has 0 aliphatic rings. The number of non-ortho nitro benzene ring substituents is 1. The van der Waals surface area contributed by atoms with E-state index >= 15 is 0 Å². The van der Waals surface area contributed by atoms with Crippen LogP contribution in [0.5, 0.6) is 0 Å². The van der Waals surface area contributed by atoms with Crippen LogP contribution in [0, 0.1) is 21.4 Å². The fraction of sp³-hybridized carbons (Fsp3) is 0.364. The molecule has 1 rings (SSSR count). The Hall–Kier alpha value is -1.58. The van der Waals surface area contributed by atoms with Gasteiger partial charge in [0.05, 0.1) is 17.0 Å². The molecule has 5 nitrogen and oxygen atoms in total. The van der Waals surface area contributed by atoms with Gasteiger partial charge in [0.15, 0.2) is 0 Å². The van der Waals surface area contributed by atoms with E-state index in [1.165, 1.54) is 12.1 Å². The van der Waals surface area contributed by atoms with Crippen molar-refractivity contribution in [2.75, 3.05) is 12.8 Å². The van der Waals surface area contributed by atoms with E-state index in [0.29, 0.717) is 0 Å². The van der Waals surface area contributed by atoms with E-state index in [1.54, 1.807) is 30.9 Å². The summed E-state index contributed by atoms with van der Waals surface area (Å²) in [5, 5.41) is 22.1. The molecule has 0 aromatic heterocycles. The third-order valence-corrected chi connectivity index (χ3v) is 3.27. The maximum absolute atomic E-state index is 10.4. The van der Waals surface area contributed by atoms with Gasteiger partial charge >= 0.3 is 0 Å². The topological polar surface area (TPSA) is 79.0 Å². The van der Waals surface area contributed by atoms with Crippen LogP contribution in [0.2, 0.25) is 0 Å². The highest BCUT2D eigenvalue weighted by Crippen LogP contribution is 2.22. The van der Waals surface area contributed by atoms with Crippen molar-refractivity contribution in [1.82, 2.24) is 5.32 Å². The fourth-order valence-electron chi connectivity index (χ4n) is 1.23. The van der Waals surface area contributed by atoms with Gasteiger partial charge < -0.3 is 5.32 Å². The van der Waals surface area contributed by atoms with Gasteiger partial charge in [-0.2, -0.15) is 5.26 Å². The monoisotopic (exact) mass is 251 g/mol. The molecule has 1 aromatic carbocycles. The minimum Gasteiger partial charge on any atom is -0.305 e. The Morgan fingerprint density at radius 3 is 2.65 bits per heavy atom. The number of benzene rings is 1. The van der Waals surface area contributed by atoms with Crippen LogP contribution in [0.15, 0.2) is 29.2 Å². The number of rotatable bonds is 6. The lowest BCUT2D eigenvalue weighted by Gasteiger charge is -2.06. The molecule has 0 fully saturated rings. The van der Waals surface area contributed by atoms with E-state index < -0.39 is 4.92 Å². The van der Waals surface area contributed by atoms with Gasteiger partial charge in [0.1, 0.15) is 0 Å². The minimum absolute atomic E-state index is 0.0967. The van der Waals surface area contributed by atoms with Crippen molar-refractivity contribution in [3.63, 3.8) is 0 Å². The first-order chi connectivity index (χ1) is 8.17. The second-order valence-corrected chi connectivity index (χ2v) is 4.53. The lowest BCUT2D eigenvalue weighted by Crippen LogP contribution is -2.23. The predicted molar refractivity (Wildman–Crippen MR) is 66.9 cm³/mol. The largest absolute Gasteiger partial charge is 0.305 e. The van der Waals surface area contributed by atoms with E-state index in [9.17, 15) is 10.1 Å². The van der Waals surface area contributed by atoms with Crippen molar-refractivity contribution < 1.29 is 4.92 Å². The van der Waals surface area contributed by atoms with Crippen LogP contribution >= 0.6 is 11.8 Å². The van der Waals surface area contributed by atoms with Crippen LogP contribution in [-0.2, 0) is 0 Å². The molecule has 0 heterocycles. The number of nitro groups is 1. The number of nitriles is 1. The molecule has 6 heteroatoms. The van der Waals surface area contributed by atoms with Crippen LogP contribution in [0.1, 0.15) is 6.42 Å². The summed E-state index contributed by atoms with van der Waals surface area (Å²) < 4.78 is 0. The zero-order valence-corrected chi connectivity index (χ0v) is 10.2. The smallest absolute Gasteiger partial charge is 0.269 e. The van der Waals surface area contributed by atoms with Gasteiger partial charge in [0.2, 0.25) is 0 Å². The molecule has 0 amide bonds. The third kappa shape index (κ3) is 4.43. The lowest BCUT2D eigenvalue weighted by molar-refractivity contribution is -0.384. The van der Waals surface area contributed by atoms with Crippen molar-refractivity contribution in [1.29, 1.82) is 5.26 Å². The molecule has 0 bridgehead atoms. The van der Waals surface area contributed by atoms with Crippen molar-refractivity contribution in [2.24, 2.45) is 0 Å². The molecule has 17 heavy (non-hydrogen) atoms. The first-order valence-corrected chi connectivity index (χ1v) is 6.10. The van der Waals surface area contributed by atoms with Crippen LogP contribution in [-0.4, -0.2) is 23.8 Å². The van der Waals surface area contributed by atoms with Gasteiger partial charge in [0.25, 0.3) is 5.69 Å². The Morgan fingerprint density at radius 1 is 1.53 bits per heavy atom. The van der Waals surface area contributed by atoms with E-state index in [0.717, 1.165) is 17.1 Å². The number of thioether (sulfide) groups is 1. The van der Waals surface area contributed by atoms with Crippen molar-refractivity contribution in [2.45, 2.75) is 17.4 Å². The highest BCUT2D eigenvalue weighted by molar-refractivity contribution is 7.99. The molecule has 90 valence electrons. The molecule has 1 aromatic rings. The Labute approximate surface area is 104 Å². The van der Waals surface area contributed by atoms with Gasteiger partial charge in [-0.15, -0.1) is 11.8 Å². The molecule has 0 radical (unpaired) electrons. The van der Waals surface area contributed by atoms with Gasteiger partial charge in [-0.3, -0.25) is 10.1 Å². The summed E-state index contributed by atoms with van der Waals surface area (Å²) in [6, 6.07) is 8.44. The molecular formula is C11H13N3O2S. The zero-order chi connectivity index (χ0) is 12.7. The second-order valence-electron chi connectivity index (χ2n) is 3.36. The molecule has 0 aliphatic heterocycles. The Bertz CT molecular complexity index is 414. The SMILES string of the molecule is CNC(C#N)CCSc1ccc([N+](=O)[O-])cc1. The highest BCUT2D eigenvalue weighted by Gasteiger charge is 2.06. The zero-order valence-electron chi connectivity index (χ0n) is 9.42. The number of hydrogen-bond donors (Lipinski definition) is 1. The molecule has 0 spiro atoms. The van der Waals surface area contributed by atoms with Gasteiger partial charge in [-0.25, -0.2) is 0 Å². The minimum atomic E-state index is -0.416. The average molecular weight is 251 g/mol. The maximum atomic E-state index is 10.4. The average Bonchev–Trinajstić information content (AvgIpc) is 2.35. The molecule has 0 saturated heterocycles. The third-order valence-electron chi connectivity index (χ3n) is 2.23. The molecule has 0 aliphatic carbocycles. The predicted octanol–water partition coefficient (Wildman–Crippen LogP) is 2.19. The molecule has 1 unspecified atom stereocenters. The van der Waals surface area contributed by atoms with Crippen molar-refractivity contribution >= 4 is 17.4 Å². The van der Waals surface area contributed by atoms with Crippen molar-refractivity contribution in [3.05, 3.63) is 34.4 Å². The summed E-state index contributed by atoms with van der Waals surface area (Å²) in [5.41, 5.74) is 0.0967. The summed E-state index contributed by atoms with van der Waals surface area (Å²) in [6.45, 7) is 0. The standard InChI is InChI=1S/C11H13N3O2S/c1-13-9(8-12)6-7-17-11-4-2-10(3-5-11)14(15)16/h2-5,9,13H,6-7H2,1H3. The number of nitrogens with zero attached hydrogens (tertiary/aromatic N) is 2. The summed E-state index contributed by atoms with van der Waals surface area (Å²) in [5.74, 6) is 0.802. The molecule has 1 atom stereocenters. The van der Waals surface area contributed by atoms with E-state index in [1.807, 2.05) is 0 Å². The summed E-state index contributed by atoms with van der Waals surface area (Å²) >= 11 is 1.59. The Morgan fingerprint density at radius 2 is 2.18 bits per heavy atom. The van der Waals surface area contributed by atoms with Crippen LogP contribution in [0.4, 0.5) is 5.69 Å². The number of nitrogens with one attached hydrogen (secondary N) is 1. The van der Waals surface area contributed by atoms with Gasteiger partial charge in [-0.1, -0.05) is 0 Å². The Kier molecular flexibility index (Phi) is 5.46. The van der Waals surface area contributed by atoms with Crippen LogP contribution in [0.3, 0.4) is 0 Å². The second kappa shape index (κ2) is 6.89. The number of hydrogen-bond acceptors (Lipinski definition) is 5. The van der Waals surface area contributed by atoms with Gasteiger partial charge in [0, 0.05) is 22.8 Å². The Balaban J connectivity index is 2.43. The van der Waals surface area contributed by atoms with E-state index in [2.05, 4.69) is 11.4 Å². The quantitative estimate of drug-likeness (QED) is 0.476. The maximum Gasteiger partial charge on any atom is 0.269 e. The normalized spacial score (nSPS) is 11.8. The number of nitro benzene ring substituents is 1. The summed E-state index contributed by atoms with van der Waals surface area (Å²) in [7, 11) is 1.75. The van der Waals surface area contributed by atoms with E-state index in [-0.39, 0.29) is 11.7 Å². The molecular weight excluding hydrogens is 238 g/mol. The van der Waals surface area contributed by atoms with Crippen LogP contribution < -0.4 is 5.32 Å². The van der Waals surface area contributed by atoms with Crippen molar-refractivity contribution in [3.8, 4) is 6.07 Å². The lowest BCUT2D eigenvalue weighted by atomic mass is 10.3. The molecule has 0 saturated carbocycles. The molecule has 1 N–H and O–H groups in total. The fourth-order valence-corrected chi connectivity index (χ4v) is 2.15.